The van der Waals surface area contributed by atoms with Crippen LogP contribution in [0.3, 0.4) is 0 Å². The van der Waals surface area contributed by atoms with Gasteiger partial charge in [-0.15, -0.1) is 0 Å². The molecule has 1 aliphatic rings. The van der Waals surface area contributed by atoms with Crippen LogP contribution in [0.1, 0.15) is 49.2 Å². The lowest BCUT2D eigenvalue weighted by molar-refractivity contribution is -0.127. The van der Waals surface area contributed by atoms with Gasteiger partial charge in [0.2, 0.25) is 0 Å². The fourth-order valence-corrected chi connectivity index (χ4v) is 7.65. The Bertz CT molecular complexity index is 2170. The average Bonchev–Trinajstić information content (AvgIpc) is 3.47. The van der Waals surface area contributed by atoms with Gasteiger partial charge in [0, 0.05) is 56.9 Å². The van der Waals surface area contributed by atoms with Gasteiger partial charge in [-0.1, -0.05) is 82.5 Å². The van der Waals surface area contributed by atoms with E-state index in [4.69, 9.17) is 39.8 Å². The highest BCUT2D eigenvalue weighted by Crippen LogP contribution is 2.33. The van der Waals surface area contributed by atoms with E-state index in [9.17, 15) is 9.59 Å². The fourth-order valence-electron chi connectivity index (χ4n) is 6.03. The molecule has 0 aliphatic carbocycles. The molecule has 0 radical (unpaired) electrons. The number of carbonyl (C=O) groups is 1. The Labute approximate surface area is 280 Å². The summed E-state index contributed by atoms with van der Waals surface area (Å²) in [6, 6.07) is 20.3. The summed E-state index contributed by atoms with van der Waals surface area (Å²) in [6.45, 7) is 9.44. The lowest BCUT2D eigenvalue weighted by Gasteiger charge is -2.29. The summed E-state index contributed by atoms with van der Waals surface area (Å²) < 4.78 is 4.40. The molecule has 0 bridgehead atoms. The molecule has 0 saturated heterocycles. The van der Waals surface area contributed by atoms with E-state index in [1.165, 1.54) is 11.3 Å². The van der Waals surface area contributed by atoms with Crippen LogP contribution in [0.25, 0.3) is 17.0 Å². The number of hydrogen-bond acceptors (Lipinski definition) is 4. The van der Waals surface area contributed by atoms with Crippen LogP contribution in [0, 0.1) is 6.92 Å². The van der Waals surface area contributed by atoms with Crippen molar-refractivity contribution in [2.24, 2.45) is 4.99 Å². The number of hydrogen-bond donors (Lipinski definition) is 0. The molecule has 3 heterocycles. The molecule has 3 aromatic carbocycles. The Morgan fingerprint density at radius 3 is 2.36 bits per heavy atom. The van der Waals surface area contributed by atoms with Crippen molar-refractivity contribution in [3.8, 4) is 0 Å². The fraction of sp³-hybridized carbons (Fsp3) is 0.229. The largest absolute Gasteiger partial charge is 0.340 e. The van der Waals surface area contributed by atoms with E-state index in [1.54, 1.807) is 27.7 Å². The second-order valence-electron chi connectivity index (χ2n) is 10.9. The van der Waals surface area contributed by atoms with Crippen molar-refractivity contribution < 1.29 is 4.79 Å². The molecule has 0 saturated carbocycles. The summed E-state index contributed by atoms with van der Waals surface area (Å²) in [5.74, 6) is -0.129. The molecule has 0 spiro atoms. The minimum absolute atomic E-state index is 0.129. The number of halogens is 3. The molecule has 2 aromatic heterocycles. The van der Waals surface area contributed by atoms with Crippen LogP contribution in [-0.4, -0.2) is 33.0 Å². The molecular weight excluding hydrogens is 647 g/mol. The molecule has 5 aromatic rings. The van der Waals surface area contributed by atoms with Gasteiger partial charge in [0.25, 0.3) is 11.5 Å². The van der Waals surface area contributed by atoms with Crippen LogP contribution in [0.15, 0.2) is 87.8 Å². The molecular formula is C35H31Cl3N4O2S. The quantitative estimate of drug-likeness (QED) is 0.181. The first kappa shape index (κ1) is 31.4. The summed E-state index contributed by atoms with van der Waals surface area (Å²) in [4.78, 5) is 35.3. The predicted octanol–water partition coefficient (Wildman–Crippen LogP) is 7.38. The number of benzene rings is 3. The molecule has 1 atom stereocenters. The minimum atomic E-state index is -0.636. The van der Waals surface area contributed by atoms with Gasteiger partial charge >= 0.3 is 0 Å². The molecule has 1 amide bonds. The van der Waals surface area contributed by atoms with Crippen LogP contribution < -0.4 is 14.9 Å². The van der Waals surface area contributed by atoms with Gasteiger partial charge in [-0.2, -0.15) is 0 Å². The Morgan fingerprint density at radius 1 is 0.978 bits per heavy atom. The standard InChI is InChI=1S/C35H31Cl3N4O2S/c1-5-40(6-2)34(44)31-20(3)39-35-42(32(31)22-11-14-24(36)15-12-22)33(43)30(45-35)18-27-21(4)41(29-10-8-7-9-26(27)29)19-23-13-16-25(37)17-28(23)38/h7-18,32H,5-6,19H2,1-4H3/b30-18+/t32-/m1/s1. The summed E-state index contributed by atoms with van der Waals surface area (Å²) >= 11 is 20.3. The highest BCUT2D eigenvalue weighted by Gasteiger charge is 2.34. The van der Waals surface area contributed by atoms with E-state index in [0.717, 1.165) is 33.3 Å². The smallest absolute Gasteiger partial charge is 0.271 e. The third-order valence-corrected chi connectivity index (χ3v) is 10.2. The minimum Gasteiger partial charge on any atom is -0.340 e. The number of fused-ring (bicyclic) bond motifs is 2. The van der Waals surface area contributed by atoms with Gasteiger partial charge in [0.15, 0.2) is 4.80 Å². The second-order valence-corrected chi connectivity index (χ2v) is 13.2. The van der Waals surface area contributed by atoms with Crippen LogP contribution in [0.5, 0.6) is 0 Å². The lowest BCUT2D eigenvalue weighted by atomic mass is 9.94. The van der Waals surface area contributed by atoms with Crippen molar-refractivity contribution in [2.45, 2.75) is 40.3 Å². The number of nitrogens with zero attached hydrogens (tertiary/aromatic N) is 4. The monoisotopic (exact) mass is 676 g/mol. The number of para-hydroxylation sites is 1. The van der Waals surface area contributed by atoms with Crippen LogP contribution in [0.2, 0.25) is 15.1 Å². The maximum atomic E-state index is 14.3. The van der Waals surface area contributed by atoms with Crippen molar-refractivity contribution in [3.63, 3.8) is 0 Å². The van der Waals surface area contributed by atoms with Crippen molar-refractivity contribution in [1.82, 2.24) is 14.0 Å². The molecule has 0 N–H and O–H groups in total. The first-order valence-electron chi connectivity index (χ1n) is 14.7. The summed E-state index contributed by atoms with van der Waals surface area (Å²) in [5.41, 5.74) is 5.61. The van der Waals surface area contributed by atoms with E-state index >= 15 is 0 Å². The lowest BCUT2D eigenvalue weighted by Crippen LogP contribution is -2.43. The summed E-state index contributed by atoms with van der Waals surface area (Å²) in [5, 5.41) is 2.79. The molecule has 1 aliphatic heterocycles. The Morgan fingerprint density at radius 2 is 1.67 bits per heavy atom. The highest BCUT2D eigenvalue weighted by atomic mass is 35.5. The van der Waals surface area contributed by atoms with E-state index < -0.39 is 6.04 Å². The van der Waals surface area contributed by atoms with Crippen molar-refractivity contribution in [3.05, 3.63) is 135 Å². The van der Waals surface area contributed by atoms with Crippen molar-refractivity contribution in [1.29, 1.82) is 0 Å². The number of allylic oxidation sites excluding steroid dienone is 1. The van der Waals surface area contributed by atoms with Crippen molar-refractivity contribution in [2.75, 3.05) is 13.1 Å². The molecule has 6 rings (SSSR count). The molecule has 230 valence electrons. The normalized spacial score (nSPS) is 15.0. The van der Waals surface area contributed by atoms with Gasteiger partial charge in [-0.3, -0.25) is 14.2 Å². The Balaban J connectivity index is 1.54. The number of rotatable bonds is 7. The first-order valence-corrected chi connectivity index (χ1v) is 16.7. The maximum Gasteiger partial charge on any atom is 0.271 e. The van der Waals surface area contributed by atoms with Gasteiger partial charge in [-0.05, 0) is 75.2 Å². The van der Waals surface area contributed by atoms with E-state index in [-0.39, 0.29) is 11.5 Å². The van der Waals surface area contributed by atoms with E-state index in [1.807, 2.05) is 70.2 Å². The van der Waals surface area contributed by atoms with E-state index in [0.29, 0.717) is 55.3 Å². The summed E-state index contributed by atoms with van der Waals surface area (Å²) in [7, 11) is 0. The summed E-state index contributed by atoms with van der Waals surface area (Å²) in [6.07, 6.45) is 1.95. The highest BCUT2D eigenvalue weighted by molar-refractivity contribution is 7.07. The van der Waals surface area contributed by atoms with Crippen LogP contribution >= 0.6 is 46.1 Å². The topological polar surface area (TPSA) is 59.6 Å². The number of aromatic nitrogens is 2. The van der Waals surface area contributed by atoms with Crippen LogP contribution in [0.4, 0.5) is 0 Å². The average molecular weight is 678 g/mol. The number of thiazole rings is 1. The molecule has 6 nitrogen and oxygen atoms in total. The van der Waals surface area contributed by atoms with Gasteiger partial charge in [-0.25, -0.2) is 4.99 Å². The van der Waals surface area contributed by atoms with Gasteiger partial charge in [0.05, 0.1) is 21.8 Å². The Hall–Kier alpha value is -3.62. The molecule has 0 fully saturated rings. The molecule has 45 heavy (non-hydrogen) atoms. The van der Waals surface area contributed by atoms with E-state index in [2.05, 4.69) is 16.7 Å². The number of carbonyl (C=O) groups excluding carboxylic acids is 1. The number of amides is 1. The second kappa shape index (κ2) is 12.6. The maximum absolute atomic E-state index is 14.3. The van der Waals surface area contributed by atoms with Gasteiger partial charge < -0.3 is 9.47 Å². The molecule has 10 heteroatoms. The number of likely N-dealkylation sites (N-methyl/N-ethyl adjacent to an activating group) is 1. The third-order valence-electron chi connectivity index (χ3n) is 8.39. The zero-order valence-corrected chi connectivity index (χ0v) is 28.4. The zero-order chi connectivity index (χ0) is 32.0. The SMILES string of the molecule is CCN(CC)C(=O)C1=C(C)N=c2s/c(=C/c3c(C)n(Cc4ccc(Cl)cc4Cl)c4ccccc34)c(=O)n2[C@@H]1c1ccc(Cl)cc1. The van der Waals surface area contributed by atoms with Gasteiger partial charge in [0.1, 0.15) is 0 Å². The van der Waals surface area contributed by atoms with Crippen LogP contribution in [-0.2, 0) is 11.3 Å². The predicted molar refractivity (Wildman–Crippen MR) is 185 cm³/mol. The van der Waals surface area contributed by atoms with Crippen molar-refractivity contribution >= 4 is 69.0 Å². The third kappa shape index (κ3) is 5.67. The Kier molecular flexibility index (Phi) is 8.81. The molecule has 0 unspecified atom stereocenters. The zero-order valence-electron chi connectivity index (χ0n) is 25.3. The first-order chi connectivity index (χ1) is 21.6.